The molecule has 2 rings (SSSR count). The van der Waals surface area contributed by atoms with Gasteiger partial charge in [-0.05, 0) is 36.5 Å². The molecule has 6 heteroatoms. The molecule has 0 radical (unpaired) electrons. The molecular formula is C15H23ClN2O2S. The Morgan fingerprint density at radius 2 is 2.00 bits per heavy atom. The van der Waals surface area contributed by atoms with Gasteiger partial charge in [0, 0.05) is 19.6 Å². The van der Waals surface area contributed by atoms with Crippen LogP contribution in [-0.4, -0.2) is 25.8 Å². The lowest BCUT2D eigenvalue weighted by Crippen LogP contribution is -2.42. The number of benzene rings is 1. The van der Waals surface area contributed by atoms with Crippen molar-refractivity contribution < 1.29 is 8.42 Å². The van der Waals surface area contributed by atoms with Gasteiger partial charge in [-0.25, -0.2) is 8.42 Å². The number of sulfonamides is 1. The molecule has 4 nitrogen and oxygen atoms in total. The Bertz CT molecular complexity index is 604. The zero-order valence-corrected chi connectivity index (χ0v) is 14.1. The molecule has 0 amide bonds. The van der Waals surface area contributed by atoms with Gasteiger partial charge in [0.25, 0.3) is 0 Å². The predicted octanol–water partition coefficient (Wildman–Crippen LogP) is 3.00. The Morgan fingerprint density at radius 3 is 2.57 bits per heavy atom. The number of nitrogens with zero attached hydrogens (tertiary/aromatic N) is 1. The first-order valence-electron chi connectivity index (χ1n) is 7.34. The number of nitrogens with two attached hydrogens (primary N) is 1. The zero-order valence-electron chi connectivity index (χ0n) is 12.5. The second-order valence-corrected chi connectivity index (χ2v) is 8.19. The van der Waals surface area contributed by atoms with Crippen molar-refractivity contribution in [1.82, 2.24) is 4.31 Å². The van der Waals surface area contributed by atoms with E-state index in [0.29, 0.717) is 12.5 Å². The lowest BCUT2D eigenvalue weighted by Gasteiger charge is -2.35. The average molecular weight is 331 g/mol. The van der Waals surface area contributed by atoms with Gasteiger partial charge in [-0.1, -0.05) is 37.4 Å². The van der Waals surface area contributed by atoms with Crippen LogP contribution in [0.3, 0.4) is 0 Å². The molecule has 1 saturated carbocycles. The Morgan fingerprint density at radius 1 is 1.33 bits per heavy atom. The normalized spacial score (nSPS) is 23.5. The van der Waals surface area contributed by atoms with Gasteiger partial charge >= 0.3 is 0 Å². The topological polar surface area (TPSA) is 63.4 Å². The Kier molecular flexibility index (Phi) is 5.30. The van der Waals surface area contributed by atoms with Gasteiger partial charge in [0.2, 0.25) is 10.0 Å². The monoisotopic (exact) mass is 330 g/mol. The molecule has 1 aliphatic rings. The molecule has 118 valence electrons. The molecule has 1 fully saturated rings. The van der Waals surface area contributed by atoms with Gasteiger partial charge in [0.05, 0.1) is 5.02 Å². The van der Waals surface area contributed by atoms with E-state index in [-0.39, 0.29) is 16.0 Å². The molecule has 2 atom stereocenters. The second-order valence-electron chi connectivity index (χ2n) is 5.82. The third kappa shape index (κ3) is 3.42. The van der Waals surface area contributed by atoms with Crippen molar-refractivity contribution in [1.29, 1.82) is 0 Å². The summed E-state index contributed by atoms with van der Waals surface area (Å²) in [6, 6.07) is 4.96. The van der Waals surface area contributed by atoms with Crippen LogP contribution in [0.2, 0.25) is 5.02 Å². The third-order valence-corrected chi connectivity index (χ3v) is 6.79. The minimum atomic E-state index is -3.57. The number of hydrogen-bond acceptors (Lipinski definition) is 3. The van der Waals surface area contributed by atoms with Crippen molar-refractivity contribution >= 4 is 21.6 Å². The van der Waals surface area contributed by atoms with E-state index in [1.807, 2.05) is 0 Å². The van der Waals surface area contributed by atoms with E-state index in [4.69, 9.17) is 17.3 Å². The van der Waals surface area contributed by atoms with Crippen LogP contribution < -0.4 is 5.73 Å². The van der Waals surface area contributed by atoms with Gasteiger partial charge in [0.1, 0.15) is 4.90 Å². The molecule has 2 N–H and O–H groups in total. The SMILES string of the molecule is CC1CCCCC1N(C)S(=O)(=O)c1ccc(CN)cc1Cl. The van der Waals surface area contributed by atoms with Crippen molar-refractivity contribution in [3.05, 3.63) is 28.8 Å². The van der Waals surface area contributed by atoms with Gasteiger partial charge in [-0.2, -0.15) is 4.31 Å². The Labute approximate surface area is 132 Å². The summed E-state index contributed by atoms with van der Waals surface area (Å²) in [5.74, 6) is 0.376. The van der Waals surface area contributed by atoms with Crippen LogP contribution in [0.1, 0.15) is 38.2 Å². The van der Waals surface area contributed by atoms with Crippen LogP contribution in [0.25, 0.3) is 0 Å². The highest BCUT2D eigenvalue weighted by Crippen LogP contribution is 2.32. The molecule has 0 heterocycles. The summed E-state index contributed by atoms with van der Waals surface area (Å²) >= 11 is 6.15. The highest BCUT2D eigenvalue weighted by molar-refractivity contribution is 7.89. The van der Waals surface area contributed by atoms with Gasteiger partial charge < -0.3 is 5.73 Å². The summed E-state index contributed by atoms with van der Waals surface area (Å²) in [5.41, 5.74) is 6.38. The summed E-state index contributed by atoms with van der Waals surface area (Å²) in [6.07, 6.45) is 4.24. The molecular weight excluding hydrogens is 308 g/mol. The zero-order chi connectivity index (χ0) is 15.6. The number of rotatable bonds is 4. The van der Waals surface area contributed by atoms with E-state index < -0.39 is 10.0 Å². The van der Waals surface area contributed by atoms with Gasteiger partial charge in [0.15, 0.2) is 0 Å². The fourth-order valence-electron chi connectivity index (χ4n) is 3.05. The van der Waals surface area contributed by atoms with Crippen LogP contribution in [0, 0.1) is 5.92 Å². The lowest BCUT2D eigenvalue weighted by atomic mass is 9.86. The highest BCUT2D eigenvalue weighted by Gasteiger charge is 2.33. The first-order chi connectivity index (χ1) is 9.87. The Balaban J connectivity index is 2.32. The van der Waals surface area contributed by atoms with E-state index in [1.54, 1.807) is 25.2 Å². The van der Waals surface area contributed by atoms with Gasteiger partial charge in [-0.3, -0.25) is 0 Å². The van der Waals surface area contributed by atoms with E-state index in [9.17, 15) is 8.42 Å². The molecule has 0 bridgehead atoms. The van der Waals surface area contributed by atoms with E-state index in [2.05, 4.69) is 6.92 Å². The molecule has 0 aliphatic heterocycles. The number of hydrogen-bond donors (Lipinski definition) is 1. The second kappa shape index (κ2) is 6.65. The summed E-state index contributed by atoms with van der Waals surface area (Å²) in [6.45, 7) is 2.46. The summed E-state index contributed by atoms with van der Waals surface area (Å²) in [4.78, 5) is 0.168. The average Bonchev–Trinajstić information content (AvgIpc) is 2.46. The van der Waals surface area contributed by atoms with E-state index >= 15 is 0 Å². The maximum absolute atomic E-state index is 12.8. The van der Waals surface area contributed by atoms with Crippen LogP contribution in [0.4, 0.5) is 0 Å². The summed E-state index contributed by atoms with van der Waals surface area (Å²) in [7, 11) is -1.90. The smallest absolute Gasteiger partial charge is 0.244 e. The predicted molar refractivity (Wildman–Crippen MR) is 85.7 cm³/mol. The highest BCUT2D eigenvalue weighted by atomic mass is 35.5. The molecule has 2 unspecified atom stereocenters. The van der Waals surface area contributed by atoms with Crippen molar-refractivity contribution in [2.24, 2.45) is 11.7 Å². The van der Waals surface area contributed by atoms with Crippen molar-refractivity contribution in [2.45, 2.75) is 50.1 Å². The van der Waals surface area contributed by atoms with E-state index in [0.717, 1.165) is 24.8 Å². The summed E-state index contributed by atoms with van der Waals surface area (Å²) < 4.78 is 27.1. The first-order valence-corrected chi connectivity index (χ1v) is 9.16. The standard InChI is InChI=1S/C15H23ClN2O2S/c1-11-5-3-4-6-14(11)18(2)21(19,20)15-8-7-12(10-17)9-13(15)16/h7-9,11,14H,3-6,10,17H2,1-2H3. The maximum Gasteiger partial charge on any atom is 0.244 e. The quantitative estimate of drug-likeness (QED) is 0.923. The molecule has 1 aliphatic carbocycles. The molecule has 21 heavy (non-hydrogen) atoms. The fourth-order valence-corrected chi connectivity index (χ4v) is 5.07. The van der Waals surface area contributed by atoms with Crippen molar-refractivity contribution in [2.75, 3.05) is 7.05 Å². The maximum atomic E-state index is 12.8. The molecule has 0 spiro atoms. The lowest BCUT2D eigenvalue weighted by molar-refractivity contribution is 0.213. The van der Waals surface area contributed by atoms with Crippen LogP contribution in [0.15, 0.2) is 23.1 Å². The van der Waals surface area contributed by atoms with Gasteiger partial charge in [-0.15, -0.1) is 0 Å². The fraction of sp³-hybridized carbons (Fsp3) is 0.600. The first kappa shape index (κ1) is 16.7. The van der Waals surface area contributed by atoms with Crippen LogP contribution in [0.5, 0.6) is 0 Å². The minimum absolute atomic E-state index is 0.0500. The van der Waals surface area contributed by atoms with Crippen LogP contribution in [-0.2, 0) is 16.6 Å². The third-order valence-electron chi connectivity index (χ3n) is 4.42. The van der Waals surface area contributed by atoms with E-state index in [1.165, 1.54) is 10.7 Å². The van der Waals surface area contributed by atoms with Crippen molar-refractivity contribution in [3.63, 3.8) is 0 Å². The molecule has 0 aromatic heterocycles. The van der Waals surface area contributed by atoms with Crippen molar-refractivity contribution in [3.8, 4) is 0 Å². The molecule has 0 saturated heterocycles. The largest absolute Gasteiger partial charge is 0.326 e. The molecule has 1 aromatic rings. The number of halogens is 1. The Hall–Kier alpha value is -0.620. The minimum Gasteiger partial charge on any atom is -0.326 e. The summed E-state index contributed by atoms with van der Waals surface area (Å²) in [5, 5.41) is 0.244. The van der Waals surface area contributed by atoms with Crippen LogP contribution >= 0.6 is 11.6 Å². The molecule has 1 aromatic carbocycles.